The largest absolute Gasteiger partial charge is 0.342 e. The molecule has 0 radical (unpaired) electrons. The van der Waals surface area contributed by atoms with Crippen molar-refractivity contribution < 1.29 is 9.59 Å². The van der Waals surface area contributed by atoms with Crippen LogP contribution in [0.15, 0.2) is 36.5 Å². The molecule has 4 aliphatic rings. The summed E-state index contributed by atoms with van der Waals surface area (Å²) in [5.74, 6) is 2.01. The third-order valence-electron chi connectivity index (χ3n) is 7.84. The fourth-order valence-electron chi connectivity index (χ4n) is 6.01. The van der Waals surface area contributed by atoms with Crippen molar-refractivity contribution in [2.45, 2.75) is 44.9 Å². The zero-order valence-corrected chi connectivity index (χ0v) is 17.1. The van der Waals surface area contributed by atoms with Crippen molar-refractivity contribution in [3.8, 4) is 0 Å². The lowest BCUT2D eigenvalue weighted by Gasteiger charge is -2.48. The molecule has 2 bridgehead atoms. The van der Waals surface area contributed by atoms with Gasteiger partial charge in [0.05, 0.1) is 0 Å². The monoisotopic (exact) mass is 393 g/mol. The first-order valence-electron chi connectivity index (χ1n) is 11.3. The summed E-state index contributed by atoms with van der Waals surface area (Å²) >= 11 is 0. The molecule has 1 aromatic rings. The minimum Gasteiger partial charge on any atom is -0.342 e. The van der Waals surface area contributed by atoms with Crippen molar-refractivity contribution in [3.63, 3.8) is 0 Å². The van der Waals surface area contributed by atoms with Crippen LogP contribution in [-0.4, -0.2) is 52.8 Å². The van der Waals surface area contributed by atoms with Crippen LogP contribution in [0, 0.1) is 23.2 Å². The molecular formula is C24H31N3O2. The molecular weight excluding hydrogens is 362 g/mol. The van der Waals surface area contributed by atoms with Crippen LogP contribution in [0.5, 0.6) is 0 Å². The van der Waals surface area contributed by atoms with Gasteiger partial charge in [0.25, 0.3) is 0 Å². The summed E-state index contributed by atoms with van der Waals surface area (Å²) in [6.45, 7) is 3.31. The summed E-state index contributed by atoms with van der Waals surface area (Å²) < 4.78 is 0. The third kappa shape index (κ3) is 3.72. The second kappa shape index (κ2) is 7.58. The van der Waals surface area contributed by atoms with Crippen LogP contribution in [0.25, 0.3) is 0 Å². The third-order valence-corrected chi connectivity index (χ3v) is 7.84. The average Bonchev–Trinajstić information content (AvgIpc) is 3.39. The second-order valence-electron chi connectivity index (χ2n) is 9.60. The summed E-state index contributed by atoms with van der Waals surface area (Å²) in [6.07, 6.45) is 13.1. The Hall–Kier alpha value is -2.17. The van der Waals surface area contributed by atoms with Gasteiger partial charge in [-0.3, -0.25) is 14.6 Å². The van der Waals surface area contributed by atoms with Gasteiger partial charge in [-0.1, -0.05) is 18.2 Å². The second-order valence-corrected chi connectivity index (χ2v) is 9.60. The van der Waals surface area contributed by atoms with E-state index in [0.29, 0.717) is 24.2 Å². The molecule has 1 spiro atoms. The van der Waals surface area contributed by atoms with E-state index in [-0.39, 0.29) is 17.2 Å². The van der Waals surface area contributed by atoms with Crippen molar-refractivity contribution in [1.29, 1.82) is 0 Å². The van der Waals surface area contributed by atoms with Crippen LogP contribution in [0.4, 0.5) is 0 Å². The van der Waals surface area contributed by atoms with E-state index in [1.54, 1.807) is 0 Å². The minimum atomic E-state index is 0.198. The maximum Gasteiger partial charge on any atom is 0.226 e. The molecule has 2 amide bonds. The van der Waals surface area contributed by atoms with Crippen molar-refractivity contribution in [3.05, 3.63) is 42.2 Å². The van der Waals surface area contributed by atoms with Crippen LogP contribution < -0.4 is 0 Å². The number of hydrogen-bond donors (Lipinski definition) is 0. The van der Waals surface area contributed by atoms with Gasteiger partial charge in [0, 0.05) is 56.8 Å². The molecule has 3 atom stereocenters. The quantitative estimate of drug-likeness (QED) is 0.739. The molecule has 5 heteroatoms. The number of hydrogen-bond acceptors (Lipinski definition) is 3. The first-order valence-corrected chi connectivity index (χ1v) is 11.3. The van der Waals surface area contributed by atoms with Gasteiger partial charge >= 0.3 is 0 Å². The van der Waals surface area contributed by atoms with Crippen molar-refractivity contribution in [2.24, 2.45) is 23.2 Å². The molecule has 29 heavy (non-hydrogen) atoms. The fraction of sp³-hybridized carbons (Fsp3) is 0.625. The number of rotatable bonds is 4. The van der Waals surface area contributed by atoms with Crippen LogP contribution in [0.3, 0.4) is 0 Å². The highest BCUT2D eigenvalue weighted by atomic mass is 16.2. The Balaban J connectivity index is 1.17. The number of pyridine rings is 1. The highest BCUT2D eigenvalue weighted by Crippen LogP contribution is 2.45. The molecule has 3 heterocycles. The van der Waals surface area contributed by atoms with E-state index in [0.717, 1.165) is 64.0 Å². The van der Waals surface area contributed by atoms with Gasteiger partial charge in [0.2, 0.25) is 11.8 Å². The summed E-state index contributed by atoms with van der Waals surface area (Å²) in [5.41, 5.74) is 1.24. The SMILES string of the molecule is O=C1CCC2(CCN(C(=O)[C@@H]3C[C@H]4C=C[C@@H]3C4)CC2)CN1CCc1ccccn1. The van der Waals surface area contributed by atoms with Gasteiger partial charge in [-0.05, 0) is 61.5 Å². The van der Waals surface area contributed by atoms with E-state index in [9.17, 15) is 9.59 Å². The van der Waals surface area contributed by atoms with Crippen molar-refractivity contribution >= 4 is 11.8 Å². The molecule has 3 fully saturated rings. The smallest absolute Gasteiger partial charge is 0.226 e. The van der Waals surface area contributed by atoms with Gasteiger partial charge in [0.15, 0.2) is 0 Å². The average molecular weight is 394 g/mol. The Morgan fingerprint density at radius 2 is 2.00 bits per heavy atom. The zero-order chi connectivity index (χ0) is 19.8. The molecule has 154 valence electrons. The van der Waals surface area contributed by atoms with Crippen LogP contribution >= 0.6 is 0 Å². The van der Waals surface area contributed by atoms with Gasteiger partial charge in [-0.2, -0.15) is 0 Å². The molecule has 0 N–H and O–H groups in total. The van der Waals surface area contributed by atoms with E-state index in [2.05, 4.69) is 26.9 Å². The number of piperidine rings is 2. The number of carbonyl (C=O) groups excluding carboxylic acids is 2. The minimum absolute atomic E-state index is 0.198. The molecule has 2 aliphatic carbocycles. The number of nitrogens with zero attached hydrogens (tertiary/aromatic N) is 3. The van der Waals surface area contributed by atoms with Gasteiger partial charge in [0.1, 0.15) is 0 Å². The van der Waals surface area contributed by atoms with Crippen molar-refractivity contribution in [2.75, 3.05) is 26.2 Å². The number of fused-ring (bicyclic) bond motifs is 2. The Kier molecular flexibility index (Phi) is 4.92. The van der Waals surface area contributed by atoms with Crippen LogP contribution in [0.2, 0.25) is 0 Å². The molecule has 1 saturated carbocycles. The maximum absolute atomic E-state index is 13.1. The first kappa shape index (κ1) is 18.8. The van der Waals surface area contributed by atoms with E-state index < -0.39 is 0 Å². The lowest BCUT2D eigenvalue weighted by Crippen LogP contribution is -2.53. The standard InChI is InChI=1S/C24H31N3O2/c28-22-6-8-24(17-27(22)12-7-20-3-1-2-11-25-20)9-13-26(14-10-24)23(29)21-16-18-4-5-19(21)15-18/h1-5,11,18-19,21H,6-10,12-17H2/t18-,19+,21+/m0/s1. The van der Waals surface area contributed by atoms with E-state index in [4.69, 9.17) is 0 Å². The summed E-state index contributed by atoms with van der Waals surface area (Å²) in [4.78, 5) is 34.1. The molecule has 1 aromatic heterocycles. The molecule has 2 aliphatic heterocycles. The number of carbonyl (C=O) groups is 2. The van der Waals surface area contributed by atoms with E-state index in [1.165, 1.54) is 6.42 Å². The van der Waals surface area contributed by atoms with Crippen LogP contribution in [0.1, 0.15) is 44.2 Å². The number of allylic oxidation sites excluding steroid dienone is 2. The lowest BCUT2D eigenvalue weighted by atomic mass is 9.72. The normalized spacial score (nSPS) is 30.3. The van der Waals surface area contributed by atoms with Gasteiger partial charge in [-0.25, -0.2) is 0 Å². The Labute approximate surface area is 173 Å². The fourth-order valence-corrected chi connectivity index (χ4v) is 6.01. The van der Waals surface area contributed by atoms with E-state index in [1.807, 2.05) is 24.4 Å². The summed E-state index contributed by atoms with van der Waals surface area (Å²) in [5, 5.41) is 0. The molecule has 0 unspecified atom stereocenters. The highest BCUT2D eigenvalue weighted by Gasteiger charge is 2.45. The zero-order valence-electron chi connectivity index (χ0n) is 17.1. The predicted molar refractivity (Wildman–Crippen MR) is 111 cm³/mol. The Morgan fingerprint density at radius 3 is 2.69 bits per heavy atom. The van der Waals surface area contributed by atoms with Gasteiger partial charge < -0.3 is 9.80 Å². The molecule has 5 nitrogen and oxygen atoms in total. The Bertz CT molecular complexity index is 798. The van der Waals surface area contributed by atoms with Crippen molar-refractivity contribution in [1.82, 2.24) is 14.8 Å². The summed E-state index contributed by atoms with van der Waals surface area (Å²) in [7, 11) is 0. The maximum atomic E-state index is 13.1. The topological polar surface area (TPSA) is 53.5 Å². The Morgan fingerprint density at radius 1 is 1.14 bits per heavy atom. The predicted octanol–water partition coefficient (Wildman–Crippen LogP) is 3.07. The molecule has 0 aromatic carbocycles. The molecule has 2 saturated heterocycles. The first-order chi connectivity index (χ1) is 14.1. The number of likely N-dealkylation sites (tertiary alicyclic amines) is 2. The number of aromatic nitrogens is 1. The molecule has 5 rings (SSSR count). The van der Waals surface area contributed by atoms with Crippen LogP contribution in [-0.2, 0) is 16.0 Å². The lowest BCUT2D eigenvalue weighted by molar-refractivity contribution is -0.144. The van der Waals surface area contributed by atoms with E-state index >= 15 is 0 Å². The highest BCUT2D eigenvalue weighted by molar-refractivity contribution is 5.80. The summed E-state index contributed by atoms with van der Waals surface area (Å²) in [6, 6.07) is 5.95. The number of amides is 2. The van der Waals surface area contributed by atoms with Gasteiger partial charge in [-0.15, -0.1) is 0 Å².